The molecule has 0 aromatic heterocycles. The Morgan fingerprint density at radius 3 is 2.53 bits per heavy atom. The standard InChI is InChI=1S/C11H17NO3S2/c12-11-8-4-3-7-10(11)6-2-1-5-9-16-17(13,14)15/h3-4,7-8H,1-2,5-6,9,12H2,(H-,13,14,15)/p+1. The normalized spacial score (nSPS) is 11.4. The SMILES string of the molecule is Nc1ccccc1CCCCC[S+]=S(=O)(O)O. The smallest absolute Gasteiger partial charge is 0.399 e. The molecule has 0 amide bonds. The van der Waals surface area contributed by atoms with Crippen LogP contribution < -0.4 is 5.73 Å². The molecule has 0 unspecified atom stereocenters. The van der Waals surface area contributed by atoms with Gasteiger partial charge in [0.1, 0.15) is 0 Å². The first-order chi connectivity index (χ1) is 7.99. The summed E-state index contributed by atoms with van der Waals surface area (Å²) in [7, 11) is -2.93. The third-order valence-electron chi connectivity index (χ3n) is 2.38. The predicted octanol–water partition coefficient (Wildman–Crippen LogP) is 2.21. The fourth-order valence-electron chi connectivity index (χ4n) is 1.52. The summed E-state index contributed by atoms with van der Waals surface area (Å²) in [5, 5.41) is 0. The van der Waals surface area contributed by atoms with E-state index in [0.29, 0.717) is 16.1 Å². The van der Waals surface area contributed by atoms with Gasteiger partial charge in [0, 0.05) is 12.1 Å². The molecule has 1 aromatic carbocycles. The summed E-state index contributed by atoms with van der Waals surface area (Å²) >= 11 is 0. The third-order valence-corrected chi connectivity index (χ3v) is 4.57. The van der Waals surface area contributed by atoms with Crippen molar-refractivity contribution in [1.29, 1.82) is 0 Å². The lowest BCUT2D eigenvalue weighted by Crippen LogP contribution is -1.98. The van der Waals surface area contributed by atoms with Gasteiger partial charge >= 0.3 is 9.05 Å². The van der Waals surface area contributed by atoms with Crippen LogP contribution in [-0.2, 0) is 25.8 Å². The van der Waals surface area contributed by atoms with Crippen molar-refractivity contribution in [3.05, 3.63) is 29.8 Å². The van der Waals surface area contributed by atoms with E-state index >= 15 is 0 Å². The molecule has 0 spiro atoms. The van der Waals surface area contributed by atoms with Crippen molar-refractivity contribution in [3.63, 3.8) is 0 Å². The van der Waals surface area contributed by atoms with E-state index in [2.05, 4.69) is 0 Å². The molecule has 4 nitrogen and oxygen atoms in total. The highest BCUT2D eigenvalue weighted by Gasteiger charge is 2.08. The van der Waals surface area contributed by atoms with E-state index in [9.17, 15) is 4.21 Å². The summed E-state index contributed by atoms with van der Waals surface area (Å²) in [5.74, 6) is 0.496. The Morgan fingerprint density at radius 1 is 1.18 bits per heavy atom. The van der Waals surface area contributed by atoms with Gasteiger partial charge in [-0.05, 0) is 30.9 Å². The fourth-order valence-corrected chi connectivity index (χ4v) is 3.07. The van der Waals surface area contributed by atoms with Crippen LogP contribution in [0, 0.1) is 0 Å². The van der Waals surface area contributed by atoms with Gasteiger partial charge in [-0.15, -0.1) is 0 Å². The maximum atomic E-state index is 10.5. The summed E-state index contributed by atoms with van der Waals surface area (Å²) in [6, 6.07) is 7.78. The van der Waals surface area contributed by atoms with Gasteiger partial charge in [0.25, 0.3) is 10.3 Å². The zero-order valence-electron chi connectivity index (χ0n) is 9.54. The molecule has 0 aliphatic heterocycles. The van der Waals surface area contributed by atoms with E-state index < -0.39 is 9.05 Å². The number of nitrogens with two attached hydrogens (primary N) is 1. The molecule has 0 fully saturated rings. The molecular weight excluding hydrogens is 258 g/mol. The van der Waals surface area contributed by atoms with Gasteiger partial charge in [-0.25, -0.2) is 0 Å². The maximum Gasteiger partial charge on any atom is 0.430 e. The first kappa shape index (κ1) is 14.4. The minimum Gasteiger partial charge on any atom is -0.399 e. The van der Waals surface area contributed by atoms with E-state index in [1.54, 1.807) is 0 Å². The molecular formula is C11H18NO3S2+. The highest BCUT2D eigenvalue weighted by molar-refractivity contribution is 8.34. The first-order valence-corrected chi connectivity index (χ1v) is 8.43. The van der Waals surface area contributed by atoms with Crippen LogP contribution in [0.25, 0.3) is 0 Å². The molecule has 0 saturated heterocycles. The zero-order valence-corrected chi connectivity index (χ0v) is 11.2. The van der Waals surface area contributed by atoms with E-state index in [1.807, 2.05) is 24.3 Å². The van der Waals surface area contributed by atoms with Crippen molar-refractivity contribution >= 4 is 25.1 Å². The number of unbranched alkanes of at least 4 members (excludes halogenated alkanes) is 2. The molecule has 1 aromatic rings. The molecule has 17 heavy (non-hydrogen) atoms. The molecule has 0 bridgehead atoms. The van der Waals surface area contributed by atoms with Crippen LogP contribution in [0.1, 0.15) is 24.8 Å². The van der Waals surface area contributed by atoms with Crippen LogP contribution in [0.15, 0.2) is 24.3 Å². The minimum atomic E-state index is -3.62. The van der Waals surface area contributed by atoms with Gasteiger partial charge in [0.15, 0.2) is 5.75 Å². The van der Waals surface area contributed by atoms with Crippen molar-refractivity contribution in [2.45, 2.75) is 25.7 Å². The predicted molar refractivity (Wildman–Crippen MR) is 74.0 cm³/mol. The lowest BCUT2D eigenvalue weighted by atomic mass is 10.1. The molecule has 4 N–H and O–H groups in total. The maximum absolute atomic E-state index is 10.5. The largest absolute Gasteiger partial charge is 0.430 e. The Labute approximate surface area is 106 Å². The van der Waals surface area contributed by atoms with Gasteiger partial charge < -0.3 is 5.73 Å². The quantitative estimate of drug-likeness (QED) is 0.422. The van der Waals surface area contributed by atoms with Gasteiger partial charge in [0.05, 0.1) is 0 Å². The molecule has 0 aliphatic rings. The van der Waals surface area contributed by atoms with Crippen LogP contribution >= 0.6 is 0 Å². The van der Waals surface area contributed by atoms with Crippen LogP contribution in [0.2, 0.25) is 0 Å². The average molecular weight is 276 g/mol. The average Bonchev–Trinajstić information content (AvgIpc) is 2.24. The number of para-hydroxylation sites is 1. The van der Waals surface area contributed by atoms with Crippen LogP contribution in [-0.4, -0.2) is 19.1 Å². The topological polar surface area (TPSA) is 83.6 Å². The van der Waals surface area contributed by atoms with Gasteiger partial charge in [-0.2, -0.15) is 4.21 Å². The number of benzene rings is 1. The van der Waals surface area contributed by atoms with Crippen molar-refractivity contribution in [3.8, 4) is 0 Å². The Bertz CT molecular complexity index is 460. The molecule has 0 radical (unpaired) electrons. The number of aryl methyl sites for hydroxylation is 1. The van der Waals surface area contributed by atoms with E-state index in [4.69, 9.17) is 14.8 Å². The molecule has 1 rings (SSSR count). The van der Waals surface area contributed by atoms with Crippen LogP contribution in [0.3, 0.4) is 0 Å². The Morgan fingerprint density at radius 2 is 1.88 bits per heavy atom. The number of anilines is 1. The molecule has 0 heterocycles. The zero-order chi connectivity index (χ0) is 12.7. The van der Waals surface area contributed by atoms with Gasteiger partial charge in [0.2, 0.25) is 0 Å². The first-order valence-electron chi connectivity index (χ1n) is 5.46. The number of rotatable bonds is 6. The summed E-state index contributed by atoms with van der Waals surface area (Å²) in [6.45, 7) is 0. The molecule has 0 saturated carbocycles. The second-order valence-corrected chi connectivity index (χ2v) is 7.33. The second kappa shape index (κ2) is 6.90. The van der Waals surface area contributed by atoms with Gasteiger partial charge in [-0.1, -0.05) is 18.2 Å². The summed E-state index contributed by atoms with van der Waals surface area (Å²) < 4.78 is 27.8. The summed E-state index contributed by atoms with van der Waals surface area (Å²) in [5.41, 5.74) is 7.77. The highest BCUT2D eigenvalue weighted by atomic mass is 32.9. The lowest BCUT2D eigenvalue weighted by molar-refractivity contribution is 0.450. The monoisotopic (exact) mass is 276 g/mol. The summed E-state index contributed by atoms with van der Waals surface area (Å²) in [4.78, 5) is 0. The molecule has 6 heteroatoms. The van der Waals surface area contributed by atoms with E-state index in [1.165, 1.54) is 0 Å². The van der Waals surface area contributed by atoms with Crippen LogP contribution in [0.5, 0.6) is 0 Å². The Balaban J connectivity index is 2.22. The fraction of sp³-hybridized carbons (Fsp3) is 0.455. The van der Waals surface area contributed by atoms with E-state index in [-0.39, 0.29) is 0 Å². The number of nitrogen functional groups attached to an aromatic ring is 1. The number of hydrogen-bond acceptors (Lipinski definition) is 2. The summed E-state index contributed by atoms with van der Waals surface area (Å²) in [6.07, 6.45) is 3.68. The third kappa shape index (κ3) is 6.58. The van der Waals surface area contributed by atoms with Crippen molar-refractivity contribution in [2.75, 3.05) is 11.5 Å². The molecule has 96 valence electrons. The van der Waals surface area contributed by atoms with Crippen molar-refractivity contribution < 1.29 is 13.3 Å². The van der Waals surface area contributed by atoms with Gasteiger partial charge in [-0.3, -0.25) is 9.11 Å². The second-order valence-electron chi connectivity index (χ2n) is 3.78. The lowest BCUT2D eigenvalue weighted by Gasteiger charge is -2.03. The van der Waals surface area contributed by atoms with E-state index in [0.717, 1.165) is 36.9 Å². The van der Waals surface area contributed by atoms with Crippen molar-refractivity contribution in [1.82, 2.24) is 0 Å². The highest BCUT2D eigenvalue weighted by Crippen LogP contribution is 2.14. The molecule has 0 atom stereocenters. The Kier molecular flexibility index (Phi) is 5.84. The van der Waals surface area contributed by atoms with Crippen LogP contribution in [0.4, 0.5) is 5.69 Å². The molecule has 0 aliphatic carbocycles. The van der Waals surface area contributed by atoms with Crippen molar-refractivity contribution in [2.24, 2.45) is 0 Å². The minimum absolute atomic E-state index is 0.496. The Hall–Kier alpha value is -0.690. The number of hydrogen-bond donors (Lipinski definition) is 3.